The van der Waals surface area contributed by atoms with Gasteiger partial charge in [0, 0.05) is 5.69 Å². The van der Waals surface area contributed by atoms with E-state index in [9.17, 15) is 4.79 Å². The van der Waals surface area contributed by atoms with Crippen LogP contribution in [0.2, 0.25) is 0 Å². The average Bonchev–Trinajstić information content (AvgIpc) is 2.47. The van der Waals surface area contributed by atoms with Crippen LogP contribution in [0.3, 0.4) is 0 Å². The Morgan fingerprint density at radius 1 is 1.25 bits per heavy atom. The second kappa shape index (κ2) is 8.34. The number of carbonyl (C=O) groups excluding carboxylic acids is 1. The van der Waals surface area contributed by atoms with E-state index in [1.54, 1.807) is 24.3 Å². The maximum absolute atomic E-state index is 12.2. The van der Waals surface area contributed by atoms with E-state index in [0.29, 0.717) is 5.56 Å². The van der Waals surface area contributed by atoms with Gasteiger partial charge in [0.1, 0.15) is 0 Å². The zero-order valence-electron chi connectivity index (χ0n) is 12.5. The lowest BCUT2D eigenvalue weighted by Crippen LogP contribution is -2.42. The molecule has 1 unspecified atom stereocenters. The van der Waals surface area contributed by atoms with Crippen LogP contribution in [-0.2, 0) is 4.79 Å². The zero-order chi connectivity index (χ0) is 15.0. The second-order valence-electron chi connectivity index (χ2n) is 4.89. The fraction of sp³-hybridized carbons (Fsp3) is 0.500. The molecule has 0 heterocycles. The average molecular weight is 273 g/mol. The van der Waals surface area contributed by atoms with Gasteiger partial charge < -0.3 is 5.32 Å². The van der Waals surface area contributed by atoms with E-state index >= 15 is 0 Å². The van der Waals surface area contributed by atoms with E-state index in [1.807, 2.05) is 6.92 Å². The fourth-order valence-corrected chi connectivity index (χ4v) is 2.11. The number of amides is 1. The molecule has 0 fully saturated rings. The number of carbonyl (C=O) groups is 1. The molecule has 4 nitrogen and oxygen atoms in total. The molecule has 0 aliphatic carbocycles. The van der Waals surface area contributed by atoms with Gasteiger partial charge in [-0.25, -0.2) is 0 Å². The Labute approximate surface area is 121 Å². The first kappa shape index (κ1) is 16.2. The standard InChI is InChI=1S/C16H23N3O/c1-4-10-19(11-5-2)13(3)16(20)18-15-8-6-14(12-17)7-9-15/h6-9,13H,4-5,10-11H2,1-3H3,(H,18,20). The quantitative estimate of drug-likeness (QED) is 0.831. The molecular weight excluding hydrogens is 250 g/mol. The molecule has 1 amide bonds. The van der Waals surface area contributed by atoms with E-state index in [1.165, 1.54) is 0 Å². The van der Waals surface area contributed by atoms with Crippen molar-refractivity contribution in [3.8, 4) is 6.07 Å². The Kier molecular flexibility index (Phi) is 6.75. The Hall–Kier alpha value is -1.86. The third-order valence-corrected chi connectivity index (χ3v) is 3.23. The van der Waals surface area contributed by atoms with Crippen molar-refractivity contribution in [2.45, 2.75) is 39.7 Å². The minimum absolute atomic E-state index is 0.00314. The Balaban J connectivity index is 2.65. The van der Waals surface area contributed by atoms with Crippen LogP contribution in [0.5, 0.6) is 0 Å². The van der Waals surface area contributed by atoms with Crippen LogP contribution in [-0.4, -0.2) is 29.9 Å². The van der Waals surface area contributed by atoms with Gasteiger partial charge in [-0.1, -0.05) is 13.8 Å². The van der Waals surface area contributed by atoms with Crippen LogP contribution in [0.25, 0.3) is 0 Å². The molecule has 0 aliphatic heterocycles. The van der Waals surface area contributed by atoms with Gasteiger partial charge in [0.2, 0.25) is 5.91 Å². The van der Waals surface area contributed by atoms with Crippen molar-refractivity contribution in [1.29, 1.82) is 5.26 Å². The third kappa shape index (κ3) is 4.67. The Morgan fingerprint density at radius 3 is 2.25 bits per heavy atom. The van der Waals surface area contributed by atoms with Crippen molar-refractivity contribution in [1.82, 2.24) is 4.90 Å². The number of nitrogens with zero attached hydrogens (tertiary/aromatic N) is 2. The first-order chi connectivity index (χ1) is 9.62. The SMILES string of the molecule is CCCN(CCC)C(C)C(=O)Nc1ccc(C#N)cc1. The Bertz CT molecular complexity index is 456. The van der Waals surface area contributed by atoms with Crippen LogP contribution in [0.4, 0.5) is 5.69 Å². The second-order valence-corrected chi connectivity index (χ2v) is 4.89. The van der Waals surface area contributed by atoms with Crippen LogP contribution in [0.15, 0.2) is 24.3 Å². The molecule has 0 aliphatic rings. The number of rotatable bonds is 7. The highest BCUT2D eigenvalue weighted by Crippen LogP contribution is 2.11. The molecular formula is C16H23N3O. The number of benzene rings is 1. The summed E-state index contributed by atoms with van der Waals surface area (Å²) >= 11 is 0. The van der Waals surface area contributed by atoms with E-state index in [4.69, 9.17) is 5.26 Å². The predicted molar refractivity (Wildman–Crippen MR) is 81.4 cm³/mol. The van der Waals surface area contributed by atoms with Gasteiger partial charge in [-0.15, -0.1) is 0 Å². The molecule has 1 atom stereocenters. The minimum atomic E-state index is -0.148. The highest BCUT2D eigenvalue weighted by atomic mass is 16.2. The number of anilines is 1. The summed E-state index contributed by atoms with van der Waals surface area (Å²) in [5.41, 5.74) is 1.32. The summed E-state index contributed by atoms with van der Waals surface area (Å²) in [6, 6.07) is 8.84. The highest BCUT2D eigenvalue weighted by molar-refractivity contribution is 5.94. The maximum atomic E-state index is 12.2. The lowest BCUT2D eigenvalue weighted by atomic mass is 10.2. The lowest BCUT2D eigenvalue weighted by Gasteiger charge is -2.27. The monoisotopic (exact) mass is 273 g/mol. The van der Waals surface area contributed by atoms with Crippen molar-refractivity contribution < 1.29 is 4.79 Å². The lowest BCUT2D eigenvalue weighted by molar-refractivity contribution is -0.120. The molecule has 0 bridgehead atoms. The number of nitrogens with one attached hydrogen (secondary N) is 1. The summed E-state index contributed by atoms with van der Waals surface area (Å²) in [7, 11) is 0. The maximum Gasteiger partial charge on any atom is 0.241 e. The van der Waals surface area contributed by atoms with Gasteiger partial charge in [0.15, 0.2) is 0 Å². The summed E-state index contributed by atoms with van der Waals surface area (Å²) in [4.78, 5) is 14.4. The molecule has 20 heavy (non-hydrogen) atoms. The van der Waals surface area contributed by atoms with Gasteiger partial charge in [0.05, 0.1) is 17.7 Å². The van der Waals surface area contributed by atoms with Crippen LogP contribution < -0.4 is 5.32 Å². The summed E-state index contributed by atoms with van der Waals surface area (Å²) in [5.74, 6) is -0.00314. The molecule has 0 spiro atoms. The zero-order valence-corrected chi connectivity index (χ0v) is 12.5. The van der Waals surface area contributed by atoms with Crippen LogP contribution in [0.1, 0.15) is 39.2 Å². The number of nitriles is 1. The molecule has 108 valence electrons. The third-order valence-electron chi connectivity index (χ3n) is 3.23. The van der Waals surface area contributed by atoms with Crippen molar-refractivity contribution in [3.05, 3.63) is 29.8 Å². The molecule has 1 aromatic carbocycles. The molecule has 0 saturated heterocycles. The molecule has 0 radical (unpaired) electrons. The van der Waals surface area contributed by atoms with Crippen LogP contribution >= 0.6 is 0 Å². The molecule has 0 aromatic heterocycles. The van der Waals surface area contributed by atoms with Crippen molar-refractivity contribution in [3.63, 3.8) is 0 Å². The largest absolute Gasteiger partial charge is 0.325 e. The van der Waals surface area contributed by atoms with Gasteiger partial charge >= 0.3 is 0 Å². The summed E-state index contributed by atoms with van der Waals surface area (Å²) < 4.78 is 0. The predicted octanol–water partition coefficient (Wildman–Crippen LogP) is 3.01. The molecule has 0 saturated carbocycles. The first-order valence-electron chi connectivity index (χ1n) is 7.17. The molecule has 1 aromatic rings. The van der Waals surface area contributed by atoms with Gasteiger partial charge in [0.25, 0.3) is 0 Å². The van der Waals surface area contributed by atoms with Gasteiger partial charge in [-0.2, -0.15) is 5.26 Å². The van der Waals surface area contributed by atoms with E-state index in [2.05, 4.69) is 30.1 Å². The first-order valence-corrected chi connectivity index (χ1v) is 7.17. The number of hydrogen-bond donors (Lipinski definition) is 1. The minimum Gasteiger partial charge on any atom is -0.325 e. The molecule has 1 rings (SSSR count). The van der Waals surface area contributed by atoms with Crippen molar-refractivity contribution >= 4 is 11.6 Å². The van der Waals surface area contributed by atoms with E-state index in [0.717, 1.165) is 31.6 Å². The van der Waals surface area contributed by atoms with Gasteiger partial charge in [-0.3, -0.25) is 9.69 Å². The van der Waals surface area contributed by atoms with Crippen molar-refractivity contribution in [2.75, 3.05) is 18.4 Å². The molecule has 1 N–H and O–H groups in total. The summed E-state index contributed by atoms with van der Waals surface area (Å²) in [6.07, 6.45) is 2.07. The normalized spacial score (nSPS) is 11.9. The van der Waals surface area contributed by atoms with E-state index < -0.39 is 0 Å². The summed E-state index contributed by atoms with van der Waals surface area (Å²) in [5, 5.41) is 11.6. The fourth-order valence-electron chi connectivity index (χ4n) is 2.11. The molecule has 4 heteroatoms. The topological polar surface area (TPSA) is 56.1 Å². The smallest absolute Gasteiger partial charge is 0.241 e. The highest BCUT2D eigenvalue weighted by Gasteiger charge is 2.19. The van der Waals surface area contributed by atoms with Crippen LogP contribution in [0, 0.1) is 11.3 Å². The van der Waals surface area contributed by atoms with E-state index in [-0.39, 0.29) is 11.9 Å². The number of hydrogen-bond acceptors (Lipinski definition) is 3. The van der Waals surface area contributed by atoms with Gasteiger partial charge in [-0.05, 0) is 57.1 Å². The Morgan fingerprint density at radius 2 is 1.80 bits per heavy atom. The summed E-state index contributed by atoms with van der Waals surface area (Å²) in [6.45, 7) is 8.03. The van der Waals surface area contributed by atoms with Crippen molar-refractivity contribution in [2.24, 2.45) is 0 Å².